The van der Waals surface area contributed by atoms with Crippen LogP contribution in [0.2, 0.25) is 0 Å². The Balaban J connectivity index is 2.72. The van der Waals surface area contributed by atoms with Gasteiger partial charge < -0.3 is 9.84 Å². The molecule has 0 aromatic carbocycles. The molecule has 0 radical (unpaired) electrons. The van der Waals surface area contributed by atoms with Crippen molar-refractivity contribution < 1.29 is 14.6 Å². The molecule has 1 aromatic rings. The largest absolute Gasteiger partial charge is 0.499 e. The average Bonchev–Trinajstić information content (AvgIpc) is 2.33. The predicted octanol–water partition coefficient (Wildman–Crippen LogP) is 2.02. The Bertz CT molecular complexity index is 278. The lowest BCUT2D eigenvalue weighted by Gasteiger charge is -2.05. The molecule has 4 heteroatoms. The number of ether oxygens (including phenoxy) is 1. The average molecular weight is 186 g/mol. The number of thiophene rings is 1. The molecule has 1 heterocycles. The normalized spacial score (nSPS) is 10.2. The molecule has 66 valence electrons. The zero-order valence-corrected chi connectivity index (χ0v) is 7.72. The van der Waals surface area contributed by atoms with Gasteiger partial charge in [-0.15, -0.1) is 11.3 Å². The van der Waals surface area contributed by atoms with Gasteiger partial charge in [0.05, 0.1) is 6.10 Å². The molecule has 0 atom stereocenters. The number of carbonyl (C=O) groups excluding carboxylic acids is 1. The Morgan fingerprint density at radius 1 is 1.67 bits per heavy atom. The molecule has 0 fully saturated rings. The van der Waals surface area contributed by atoms with Crippen molar-refractivity contribution in [1.82, 2.24) is 0 Å². The SMILES string of the molecule is CC(C)OC(=O)c1ccsc1O. The smallest absolute Gasteiger partial charge is 0.343 e. The van der Waals surface area contributed by atoms with Crippen molar-refractivity contribution in [3.05, 3.63) is 17.0 Å². The van der Waals surface area contributed by atoms with Crippen molar-refractivity contribution >= 4 is 17.3 Å². The summed E-state index contributed by atoms with van der Waals surface area (Å²) < 4.78 is 4.88. The summed E-state index contributed by atoms with van der Waals surface area (Å²) in [6, 6.07) is 1.55. The lowest BCUT2D eigenvalue weighted by Crippen LogP contribution is -2.10. The van der Waals surface area contributed by atoms with Crippen molar-refractivity contribution in [2.24, 2.45) is 0 Å². The quantitative estimate of drug-likeness (QED) is 0.719. The van der Waals surface area contributed by atoms with Crippen LogP contribution in [0.1, 0.15) is 24.2 Å². The molecule has 0 amide bonds. The van der Waals surface area contributed by atoms with Crippen LogP contribution in [0.15, 0.2) is 11.4 Å². The number of rotatable bonds is 2. The third kappa shape index (κ3) is 1.98. The second-order valence-corrected chi connectivity index (χ2v) is 3.49. The summed E-state index contributed by atoms with van der Waals surface area (Å²) >= 11 is 1.11. The molecule has 0 unspecified atom stereocenters. The lowest BCUT2D eigenvalue weighted by atomic mass is 10.3. The van der Waals surface area contributed by atoms with Crippen LogP contribution in [0.25, 0.3) is 0 Å². The van der Waals surface area contributed by atoms with Gasteiger partial charge in [-0.05, 0) is 25.3 Å². The first kappa shape index (κ1) is 9.06. The van der Waals surface area contributed by atoms with Gasteiger partial charge in [0, 0.05) is 0 Å². The fourth-order valence-electron chi connectivity index (χ4n) is 0.734. The summed E-state index contributed by atoms with van der Waals surface area (Å²) in [6.45, 7) is 3.53. The van der Waals surface area contributed by atoms with Crippen molar-refractivity contribution in [2.75, 3.05) is 0 Å². The van der Waals surface area contributed by atoms with Gasteiger partial charge in [-0.3, -0.25) is 0 Å². The Labute approximate surface area is 74.6 Å². The van der Waals surface area contributed by atoms with E-state index in [0.717, 1.165) is 11.3 Å². The number of hydrogen-bond acceptors (Lipinski definition) is 4. The van der Waals surface area contributed by atoms with Crippen LogP contribution in [0.5, 0.6) is 5.06 Å². The van der Waals surface area contributed by atoms with E-state index >= 15 is 0 Å². The predicted molar refractivity (Wildman–Crippen MR) is 46.5 cm³/mol. The van der Waals surface area contributed by atoms with Gasteiger partial charge in [0.25, 0.3) is 0 Å². The van der Waals surface area contributed by atoms with E-state index in [9.17, 15) is 4.79 Å². The van der Waals surface area contributed by atoms with E-state index < -0.39 is 5.97 Å². The van der Waals surface area contributed by atoms with Crippen LogP contribution in [0, 0.1) is 0 Å². The molecular formula is C8H10O3S. The maximum Gasteiger partial charge on any atom is 0.343 e. The summed E-state index contributed by atoms with van der Waals surface area (Å²) in [5, 5.41) is 10.8. The maximum atomic E-state index is 11.2. The van der Waals surface area contributed by atoms with Crippen LogP contribution in [-0.2, 0) is 4.74 Å². The third-order valence-corrected chi connectivity index (χ3v) is 1.92. The van der Waals surface area contributed by atoms with E-state index in [1.54, 1.807) is 25.3 Å². The standard InChI is InChI=1S/C8H10O3S/c1-5(2)11-7(9)6-3-4-12-8(6)10/h3-5,10H,1-2H3. The molecule has 12 heavy (non-hydrogen) atoms. The van der Waals surface area contributed by atoms with Crippen LogP contribution in [0.3, 0.4) is 0 Å². The van der Waals surface area contributed by atoms with Crippen molar-refractivity contribution in [3.8, 4) is 5.06 Å². The van der Waals surface area contributed by atoms with Gasteiger partial charge in [-0.25, -0.2) is 4.79 Å². The molecule has 0 aliphatic heterocycles. The monoisotopic (exact) mass is 186 g/mol. The van der Waals surface area contributed by atoms with Crippen molar-refractivity contribution in [1.29, 1.82) is 0 Å². The van der Waals surface area contributed by atoms with Crippen molar-refractivity contribution in [3.63, 3.8) is 0 Å². The Morgan fingerprint density at radius 2 is 2.33 bits per heavy atom. The summed E-state index contributed by atoms with van der Waals surface area (Å²) in [7, 11) is 0. The zero-order valence-electron chi connectivity index (χ0n) is 6.90. The fourth-order valence-corrected chi connectivity index (χ4v) is 1.35. The molecule has 0 aliphatic rings. The molecule has 1 rings (SSSR count). The molecule has 0 saturated heterocycles. The van der Waals surface area contributed by atoms with Crippen molar-refractivity contribution in [2.45, 2.75) is 20.0 Å². The molecule has 3 nitrogen and oxygen atoms in total. The zero-order chi connectivity index (χ0) is 9.14. The molecule has 0 aliphatic carbocycles. The van der Waals surface area contributed by atoms with Crippen LogP contribution in [0.4, 0.5) is 0 Å². The van der Waals surface area contributed by atoms with E-state index in [0.29, 0.717) is 0 Å². The number of aromatic hydroxyl groups is 1. The summed E-state index contributed by atoms with van der Waals surface area (Å²) in [6.07, 6.45) is -0.156. The minimum Gasteiger partial charge on any atom is -0.499 e. The second-order valence-electron chi connectivity index (χ2n) is 2.59. The lowest BCUT2D eigenvalue weighted by molar-refractivity contribution is 0.0376. The Hall–Kier alpha value is -1.03. The number of hydrogen-bond donors (Lipinski definition) is 1. The van der Waals surface area contributed by atoms with E-state index in [-0.39, 0.29) is 16.7 Å². The van der Waals surface area contributed by atoms with Gasteiger partial charge in [0.1, 0.15) is 5.56 Å². The molecule has 0 saturated carbocycles. The summed E-state index contributed by atoms with van der Waals surface area (Å²) in [5.41, 5.74) is 0.244. The first-order chi connectivity index (χ1) is 5.61. The van der Waals surface area contributed by atoms with Gasteiger partial charge in [-0.2, -0.15) is 0 Å². The highest BCUT2D eigenvalue weighted by molar-refractivity contribution is 7.12. The highest BCUT2D eigenvalue weighted by Crippen LogP contribution is 2.24. The Morgan fingerprint density at radius 3 is 2.75 bits per heavy atom. The molecular weight excluding hydrogens is 176 g/mol. The third-order valence-electron chi connectivity index (χ3n) is 1.21. The maximum absolute atomic E-state index is 11.2. The minimum absolute atomic E-state index is 0.0145. The summed E-state index contributed by atoms with van der Waals surface area (Å²) in [4.78, 5) is 11.2. The first-order valence-corrected chi connectivity index (χ1v) is 4.46. The van der Waals surface area contributed by atoms with Gasteiger partial charge in [0.2, 0.25) is 0 Å². The van der Waals surface area contributed by atoms with Gasteiger partial charge >= 0.3 is 5.97 Å². The van der Waals surface area contributed by atoms with Crippen LogP contribution >= 0.6 is 11.3 Å². The van der Waals surface area contributed by atoms with E-state index in [1.165, 1.54) is 0 Å². The van der Waals surface area contributed by atoms with Gasteiger partial charge in [0.15, 0.2) is 5.06 Å². The topological polar surface area (TPSA) is 46.5 Å². The second kappa shape index (κ2) is 3.58. The highest BCUT2D eigenvalue weighted by Gasteiger charge is 2.14. The Kier molecular flexibility index (Phi) is 2.70. The van der Waals surface area contributed by atoms with Crippen LogP contribution in [-0.4, -0.2) is 17.2 Å². The number of carbonyl (C=O) groups is 1. The van der Waals surface area contributed by atoms with Crippen LogP contribution < -0.4 is 0 Å². The highest BCUT2D eigenvalue weighted by atomic mass is 32.1. The minimum atomic E-state index is -0.469. The first-order valence-electron chi connectivity index (χ1n) is 3.58. The van der Waals surface area contributed by atoms with E-state index in [1.807, 2.05) is 0 Å². The molecule has 0 bridgehead atoms. The van der Waals surface area contributed by atoms with Gasteiger partial charge in [-0.1, -0.05) is 0 Å². The molecule has 1 N–H and O–H groups in total. The fraction of sp³-hybridized carbons (Fsp3) is 0.375. The van der Waals surface area contributed by atoms with E-state index in [2.05, 4.69) is 0 Å². The summed E-state index contributed by atoms with van der Waals surface area (Å²) in [5.74, 6) is -0.469. The molecule has 0 spiro atoms. The van der Waals surface area contributed by atoms with E-state index in [4.69, 9.17) is 9.84 Å². The number of esters is 1. The molecule has 1 aromatic heterocycles.